The van der Waals surface area contributed by atoms with E-state index in [-0.39, 0.29) is 36.8 Å². The Morgan fingerprint density at radius 1 is 1.24 bits per heavy atom. The van der Waals surface area contributed by atoms with Gasteiger partial charge in [-0.3, -0.25) is 9.69 Å². The highest BCUT2D eigenvalue weighted by Crippen LogP contribution is 2.26. The summed E-state index contributed by atoms with van der Waals surface area (Å²) in [5, 5.41) is 0. The number of nitrogen functional groups attached to an aromatic ring is 1. The van der Waals surface area contributed by atoms with Crippen molar-refractivity contribution in [2.24, 2.45) is 0 Å². The number of rotatable bonds is 1. The highest BCUT2D eigenvalue weighted by Gasteiger charge is 2.36. The van der Waals surface area contributed by atoms with Crippen LogP contribution in [0.3, 0.4) is 0 Å². The van der Waals surface area contributed by atoms with Gasteiger partial charge in [-0.2, -0.15) is 0 Å². The number of nitrogens with zero attached hydrogens (tertiary/aromatic N) is 2. The molecule has 4 nitrogen and oxygen atoms in total. The summed E-state index contributed by atoms with van der Waals surface area (Å²) in [6.45, 7) is 5.15. The third-order valence-corrected chi connectivity index (χ3v) is 4.39. The number of benzene rings is 1. The predicted octanol–water partition coefficient (Wildman–Crippen LogP) is 2.42. The number of anilines is 1. The van der Waals surface area contributed by atoms with Crippen molar-refractivity contribution in [3.8, 4) is 0 Å². The van der Waals surface area contributed by atoms with Crippen molar-refractivity contribution in [2.75, 3.05) is 25.4 Å². The van der Waals surface area contributed by atoms with Crippen LogP contribution < -0.4 is 5.73 Å². The minimum absolute atomic E-state index is 0. The molecule has 1 aromatic rings. The molecule has 2 aliphatic heterocycles. The Bertz CT molecular complexity index is 498. The average molecular weight is 332 g/mol. The van der Waals surface area contributed by atoms with Crippen LogP contribution in [0.25, 0.3) is 0 Å². The van der Waals surface area contributed by atoms with Gasteiger partial charge in [0.2, 0.25) is 0 Å². The van der Waals surface area contributed by atoms with Crippen molar-refractivity contribution in [1.82, 2.24) is 9.80 Å². The molecule has 2 unspecified atom stereocenters. The zero-order valence-electron chi connectivity index (χ0n) is 12.2. The maximum atomic E-state index is 12.6. The fourth-order valence-corrected chi connectivity index (χ4v) is 3.32. The molecule has 2 heterocycles. The largest absolute Gasteiger partial charge is 0.398 e. The first-order valence-corrected chi connectivity index (χ1v) is 7.06. The number of para-hydroxylation sites is 1. The maximum Gasteiger partial charge on any atom is 0.256 e. The third-order valence-electron chi connectivity index (χ3n) is 4.39. The average Bonchev–Trinajstić information content (AvgIpc) is 2.84. The van der Waals surface area contributed by atoms with Gasteiger partial charge in [0.05, 0.1) is 5.56 Å². The van der Waals surface area contributed by atoms with Crippen molar-refractivity contribution in [3.63, 3.8) is 0 Å². The van der Waals surface area contributed by atoms with E-state index in [0.29, 0.717) is 17.3 Å². The highest BCUT2D eigenvalue weighted by molar-refractivity contribution is 5.99. The summed E-state index contributed by atoms with van der Waals surface area (Å²) in [6, 6.07) is 8.17. The van der Waals surface area contributed by atoms with Gasteiger partial charge in [-0.25, -0.2) is 0 Å². The molecule has 0 saturated carbocycles. The van der Waals surface area contributed by atoms with Crippen LogP contribution in [0.2, 0.25) is 0 Å². The molecule has 2 fully saturated rings. The Morgan fingerprint density at radius 3 is 2.67 bits per heavy atom. The first kappa shape index (κ1) is 18.1. The lowest BCUT2D eigenvalue weighted by atomic mass is 10.1. The van der Waals surface area contributed by atoms with Crippen LogP contribution in [0.1, 0.15) is 30.1 Å². The van der Waals surface area contributed by atoms with E-state index in [9.17, 15) is 4.79 Å². The summed E-state index contributed by atoms with van der Waals surface area (Å²) in [5.41, 5.74) is 7.14. The molecule has 0 spiro atoms. The SMILES string of the molecule is CC1CN2CCCC2CN1C(=O)c1ccccc1N.Cl.Cl. The molecule has 6 heteroatoms. The number of carbonyl (C=O) groups is 1. The summed E-state index contributed by atoms with van der Waals surface area (Å²) >= 11 is 0. The minimum atomic E-state index is 0. The number of piperazine rings is 1. The topological polar surface area (TPSA) is 49.6 Å². The lowest BCUT2D eigenvalue weighted by molar-refractivity contribution is 0.0396. The van der Waals surface area contributed by atoms with Gasteiger partial charge < -0.3 is 10.6 Å². The van der Waals surface area contributed by atoms with E-state index in [1.165, 1.54) is 19.4 Å². The Morgan fingerprint density at radius 2 is 1.95 bits per heavy atom. The van der Waals surface area contributed by atoms with Gasteiger partial charge in [-0.15, -0.1) is 24.8 Å². The van der Waals surface area contributed by atoms with E-state index in [1.807, 2.05) is 23.1 Å². The molecule has 118 valence electrons. The molecule has 1 amide bonds. The number of carbonyl (C=O) groups excluding carboxylic acids is 1. The van der Waals surface area contributed by atoms with E-state index < -0.39 is 0 Å². The number of halogens is 2. The van der Waals surface area contributed by atoms with Crippen LogP contribution in [0.15, 0.2) is 24.3 Å². The Balaban J connectivity index is 0.00000110. The molecule has 2 aliphatic rings. The van der Waals surface area contributed by atoms with Gasteiger partial charge in [0.15, 0.2) is 0 Å². The van der Waals surface area contributed by atoms with Gasteiger partial charge >= 0.3 is 0 Å². The first-order valence-electron chi connectivity index (χ1n) is 7.06. The molecule has 3 rings (SSSR count). The maximum absolute atomic E-state index is 12.6. The standard InChI is InChI=1S/C15H21N3O.2ClH/c1-11-9-17-8-4-5-12(17)10-18(11)15(19)13-6-2-3-7-14(13)16;;/h2-3,6-7,11-12H,4-5,8-10,16H2,1H3;2*1H. The molecule has 2 saturated heterocycles. The molecule has 0 aliphatic carbocycles. The zero-order valence-corrected chi connectivity index (χ0v) is 13.8. The van der Waals surface area contributed by atoms with Gasteiger partial charge in [-0.05, 0) is 38.4 Å². The quantitative estimate of drug-likeness (QED) is 0.804. The first-order chi connectivity index (χ1) is 9.16. The van der Waals surface area contributed by atoms with Crippen LogP contribution in [0, 0.1) is 0 Å². The molecule has 21 heavy (non-hydrogen) atoms. The summed E-state index contributed by atoms with van der Waals surface area (Å²) in [4.78, 5) is 17.2. The van der Waals surface area contributed by atoms with E-state index in [0.717, 1.165) is 13.1 Å². The molecule has 0 radical (unpaired) electrons. The smallest absolute Gasteiger partial charge is 0.256 e. The lowest BCUT2D eigenvalue weighted by Gasteiger charge is -2.42. The van der Waals surface area contributed by atoms with Crippen LogP contribution >= 0.6 is 24.8 Å². The summed E-state index contributed by atoms with van der Waals surface area (Å²) in [6.07, 6.45) is 2.47. The van der Waals surface area contributed by atoms with Crippen LogP contribution in [0.5, 0.6) is 0 Å². The summed E-state index contributed by atoms with van der Waals surface area (Å²) in [7, 11) is 0. The monoisotopic (exact) mass is 331 g/mol. The highest BCUT2D eigenvalue weighted by atomic mass is 35.5. The lowest BCUT2D eigenvalue weighted by Crippen LogP contribution is -2.56. The molecule has 2 atom stereocenters. The molecule has 0 aromatic heterocycles. The zero-order chi connectivity index (χ0) is 13.4. The number of hydrogen-bond acceptors (Lipinski definition) is 3. The Labute approximate surface area is 138 Å². The second-order valence-electron chi connectivity index (χ2n) is 5.68. The summed E-state index contributed by atoms with van der Waals surface area (Å²) < 4.78 is 0. The fourth-order valence-electron chi connectivity index (χ4n) is 3.32. The molecule has 0 bridgehead atoms. The third kappa shape index (κ3) is 3.44. The van der Waals surface area contributed by atoms with Crippen LogP contribution in [0.4, 0.5) is 5.69 Å². The fraction of sp³-hybridized carbons (Fsp3) is 0.533. The van der Waals surface area contributed by atoms with Crippen LogP contribution in [-0.2, 0) is 0 Å². The number of hydrogen-bond donors (Lipinski definition) is 1. The summed E-state index contributed by atoms with van der Waals surface area (Å²) in [5.74, 6) is 0.0807. The van der Waals surface area contributed by atoms with Crippen molar-refractivity contribution >= 4 is 36.4 Å². The van der Waals surface area contributed by atoms with Gasteiger partial charge in [0.25, 0.3) is 5.91 Å². The van der Waals surface area contributed by atoms with Crippen molar-refractivity contribution in [2.45, 2.75) is 31.8 Å². The van der Waals surface area contributed by atoms with E-state index in [1.54, 1.807) is 6.07 Å². The Kier molecular flexibility index (Phi) is 6.32. The van der Waals surface area contributed by atoms with Gasteiger partial charge in [0.1, 0.15) is 0 Å². The van der Waals surface area contributed by atoms with E-state index >= 15 is 0 Å². The van der Waals surface area contributed by atoms with Crippen molar-refractivity contribution < 1.29 is 4.79 Å². The van der Waals surface area contributed by atoms with Crippen molar-refractivity contribution in [1.29, 1.82) is 0 Å². The molecule has 2 N–H and O–H groups in total. The predicted molar refractivity (Wildman–Crippen MR) is 90.4 cm³/mol. The second kappa shape index (κ2) is 7.34. The van der Waals surface area contributed by atoms with Crippen molar-refractivity contribution in [3.05, 3.63) is 29.8 Å². The minimum Gasteiger partial charge on any atom is -0.398 e. The van der Waals surface area contributed by atoms with E-state index in [4.69, 9.17) is 5.73 Å². The van der Waals surface area contributed by atoms with E-state index in [2.05, 4.69) is 11.8 Å². The van der Waals surface area contributed by atoms with Gasteiger partial charge in [0, 0.05) is 30.9 Å². The molecule has 1 aromatic carbocycles. The number of amides is 1. The molecular weight excluding hydrogens is 309 g/mol. The molecular formula is C15H23Cl2N3O. The van der Waals surface area contributed by atoms with Gasteiger partial charge in [-0.1, -0.05) is 12.1 Å². The number of fused-ring (bicyclic) bond motifs is 1. The normalized spacial score (nSPS) is 24.7. The Hall–Kier alpha value is -0.970. The van der Waals surface area contributed by atoms with Crippen LogP contribution in [-0.4, -0.2) is 47.4 Å². The number of nitrogens with two attached hydrogens (primary N) is 1. The second-order valence-corrected chi connectivity index (χ2v) is 5.68.